The highest BCUT2D eigenvalue weighted by molar-refractivity contribution is 6.08. The summed E-state index contributed by atoms with van der Waals surface area (Å²) in [4.78, 5) is 16.5. The molecule has 5 N–H and O–H groups in total. The molecular weight excluding hydrogens is 394 g/mol. The number of ketones is 1. The molecule has 0 bridgehead atoms. The zero-order chi connectivity index (χ0) is 21.8. The Hall–Kier alpha value is -2.82. The van der Waals surface area contributed by atoms with Gasteiger partial charge < -0.3 is 35.0 Å². The third-order valence-electron chi connectivity index (χ3n) is 4.95. The number of ether oxygens (including phenoxy) is 2. The molecule has 5 unspecified atom stereocenters. The maximum absolute atomic E-state index is 12.7. The molecule has 0 radical (unpaired) electrons. The van der Waals surface area contributed by atoms with Crippen LogP contribution in [0, 0.1) is 0 Å². The van der Waals surface area contributed by atoms with Gasteiger partial charge >= 0.3 is 0 Å². The standard InChI is InChI=1S/C21H23NO8/c1-29-16-9-15(25)12(14(24)3-2-11-4-6-22-7-5-11)8-13(16)21-20(28)19(27)18(26)17(10-23)30-21/h2-9,17-21,23,25-28H,10H2,1H3/b3-2+. The van der Waals surface area contributed by atoms with Crippen molar-refractivity contribution in [3.63, 3.8) is 0 Å². The minimum absolute atomic E-state index is 0.0759. The molecule has 30 heavy (non-hydrogen) atoms. The van der Waals surface area contributed by atoms with Gasteiger partial charge in [-0.2, -0.15) is 0 Å². The lowest BCUT2D eigenvalue weighted by atomic mass is 9.89. The van der Waals surface area contributed by atoms with Crippen LogP contribution >= 0.6 is 0 Å². The Kier molecular flexibility index (Phi) is 6.80. The summed E-state index contributed by atoms with van der Waals surface area (Å²) in [6.07, 6.45) is -1.03. The first-order chi connectivity index (χ1) is 14.4. The number of hydrogen-bond donors (Lipinski definition) is 5. The number of phenols is 1. The molecule has 0 spiro atoms. The van der Waals surface area contributed by atoms with E-state index >= 15 is 0 Å². The Labute approximate surface area is 172 Å². The lowest BCUT2D eigenvalue weighted by Crippen LogP contribution is -2.55. The minimum atomic E-state index is -1.59. The molecule has 1 aromatic heterocycles. The van der Waals surface area contributed by atoms with E-state index < -0.39 is 42.9 Å². The fourth-order valence-electron chi connectivity index (χ4n) is 3.28. The predicted octanol–water partition coefficient (Wildman–Crippen LogP) is 0.207. The number of pyridine rings is 1. The van der Waals surface area contributed by atoms with Crippen LogP contribution in [0.5, 0.6) is 11.5 Å². The Bertz CT molecular complexity index is 915. The number of aliphatic hydroxyl groups is 4. The van der Waals surface area contributed by atoms with Gasteiger partial charge in [0.15, 0.2) is 5.78 Å². The van der Waals surface area contributed by atoms with Crippen molar-refractivity contribution in [2.45, 2.75) is 30.5 Å². The second kappa shape index (κ2) is 9.33. The van der Waals surface area contributed by atoms with Crippen molar-refractivity contribution in [3.05, 3.63) is 59.4 Å². The number of benzene rings is 1. The maximum Gasteiger partial charge on any atom is 0.189 e. The van der Waals surface area contributed by atoms with E-state index in [1.54, 1.807) is 30.6 Å². The Morgan fingerprint density at radius 1 is 1.17 bits per heavy atom. The number of carbonyl (C=O) groups is 1. The van der Waals surface area contributed by atoms with E-state index in [0.29, 0.717) is 0 Å². The fourth-order valence-corrected chi connectivity index (χ4v) is 3.28. The SMILES string of the molecule is COc1cc(O)c(C(=O)/C=C/c2ccncc2)cc1C1OC(CO)C(O)C(O)C1O. The van der Waals surface area contributed by atoms with E-state index in [1.165, 1.54) is 25.3 Å². The van der Waals surface area contributed by atoms with E-state index in [1.807, 2.05) is 0 Å². The highest BCUT2D eigenvalue weighted by Gasteiger charge is 2.45. The zero-order valence-corrected chi connectivity index (χ0v) is 16.1. The quantitative estimate of drug-likeness (QED) is 0.328. The van der Waals surface area contributed by atoms with Crippen molar-refractivity contribution in [2.24, 2.45) is 0 Å². The van der Waals surface area contributed by atoms with Gasteiger partial charge in [-0.25, -0.2) is 0 Å². The van der Waals surface area contributed by atoms with Gasteiger partial charge in [0.2, 0.25) is 0 Å². The average Bonchev–Trinajstić information content (AvgIpc) is 2.77. The molecule has 2 aromatic rings. The number of phenolic OH excluding ortho intramolecular Hbond substituents is 1. The molecule has 0 amide bonds. The van der Waals surface area contributed by atoms with Crippen LogP contribution in [0.15, 0.2) is 42.7 Å². The number of nitrogens with zero attached hydrogens (tertiary/aromatic N) is 1. The van der Waals surface area contributed by atoms with Crippen LogP contribution in [-0.4, -0.2) is 74.4 Å². The monoisotopic (exact) mass is 417 g/mol. The molecule has 160 valence electrons. The first kappa shape index (κ1) is 21.9. The fraction of sp³-hybridized carbons (Fsp3) is 0.333. The molecule has 9 nitrogen and oxygen atoms in total. The van der Waals surface area contributed by atoms with Gasteiger partial charge in [-0.3, -0.25) is 9.78 Å². The molecule has 1 aliphatic rings. The number of aromatic hydroxyl groups is 1. The van der Waals surface area contributed by atoms with Gasteiger partial charge in [0.1, 0.15) is 42.0 Å². The summed E-state index contributed by atoms with van der Waals surface area (Å²) < 4.78 is 10.8. The molecule has 0 saturated carbocycles. The number of allylic oxidation sites excluding steroid dienone is 1. The summed E-state index contributed by atoms with van der Waals surface area (Å²) in [5.74, 6) is -0.756. The molecule has 0 aliphatic carbocycles. The van der Waals surface area contributed by atoms with Crippen molar-refractivity contribution in [1.82, 2.24) is 4.98 Å². The second-order valence-corrected chi connectivity index (χ2v) is 6.84. The molecule has 2 heterocycles. The van der Waals surface area contributed by atoms with Crippen LogP contribution in [0.4, 0.5) is 0 Å². The van der Waals surface area contributed by atoms with E-state index in [4.69, 9.17) is 9.47 Å². The Balaban J connectivity index is 1.97. The molecule has 1 aliphatic heterocycles. The van der Waals surface area contributed by atoms with Crippen molar-refractivity contribution >= 4 is 11.9 Å². The third kappa shape index (κ3) is 4.35. The first-order valence-electron chi connectivity index (χ1n) is 9.21. The van der Waals surface area contributed by atoms with Crippen molar-refractivity contribution in [1.29, 1.82) is 0 Å². The third-order valence-corrected chi connectivity index (χ3v) is 4.95. The van der Waals surface area contributed by atoms with Gasteiger partial charge in [0, 0.05) is 24.0 Å². The molecule has 1 fully saturated rings. The zero-order valence-electron chi connectivity index (χ0n) is 16.1. The first-order valence-corrected chi connectivity index (χ1v) is 9.21. The van der Waals surface area contributed by atoms with E-state index in [0.717, 1.165) is 5.56 Å². The van der Waals surface area contributed by atoms with Crippen LogP contribution in [0.1, 0.15) is 27.6 Å². The van der Waals surface area contributed by atoms with Gasteiger partial charge in [-0.15, -0.1) is 0 Å². The number of methoxy groups -OCH3 is 1. The minimum Gasteiger partial charge on any atom is -0.507 e. The maximum atomic E-state index is 12.7. The molecule has 3 rings (SSSR count). The number of aliphatic hydroxyl groups excluding tert-OH is 4. The summed E-state index contributed by atoms with van der Waals surface area (Å²) in [6.45, 7) is -0.595. The molecule has 5 atom stereocenters. The number of aromatic nitrogens is 1. The molecule has 1 saturated heterocycles. The molecular formula is C21H23NO8. The number of rotatable bonds is 6. The second-order valence-electron chi connectivity index (χ2n) is 6.84. The van der Waals surface area contributed by atoms with Gasteiger partial charge in [0.05, 0.1) is 19.3 Å². The summed E-state index contributed by atoms with van der Waals surface area (Å²) in [5.41, 5.74) is 0.835. The normalized spacial score (nSPS) is 26.6. The van der Waals surface area contributed by atoms with Crippen LogP contribution in [0.3, 0.4) is 0 Å². The summed E-state index contributed by atoms with van der Waals surface area (Å²) >= 11 is 0. The van der Waals surface area contributed by atoms with Crippen LogP contribution in [0.25, 0.3) is 6.08 Å². The number of hydrogen-bond acceptors (Lipinski definition) is 9. The predicted molar refractivity (Wildman–Crippen MR) is 105 cm³/mol. The summed E-state index contributed by atoms with van der Waals surface area (Å²) in [5, 5.41) is 50.2. The topological polar surface area (TPSA) is 150 Å². The van der Waals surface area contributed by atoms with Crippen molar-refractivity contribution in [3.8, 4) is 11.5 Å². The number of carbonyl (C=O) groups excluding carboxylic acids is 1. The van der Waals surface area contributed by atoms with E-state index in [9.17, 15) is 30.3 Å². The van der Waals surface area contributed by atoms with Crippen molar-refractivity contribution < 1.29 is 39.8 Å². The van der Waals surface area contributed by atoms with Crippen LogP contribution < -0.4 is 4.74 Å². The van der Waals surface area contributed by atoms with Gasteiger partial charge in [-0.1, -0.05) is 6.08 Å². The Morgan fingerprint density at radius 2 is 1.87 bits per heavy atom. The van der Waals surface area contributed by atoms with Crippen molar-refractivity contribution in [2.75, 3.05) is 13.7 Å². The summed E-state index contributed by atoms with van der Waals surface area (Å²) in [6, 6.07) is 5.90. The molecule has 9 heteroatoms. The Morgan fingerprint density at radius 3 is 2.50 bits per heavy atom. The van der Waals surface area contributed by atoms with Crippen LogP contribution in [0.2, 0.25) is 0 Å². The highest BCUT2D eigenvalue weighted by Crippen LogP contribution is 2.40. The van der Waals surface area contributed by atoms with E-state index in [-0.39, 0.29) is 22.6 Å². The average molecular weight is 417 g/mol. The van der Waals surface area contributed by atoms with Crippen LogP contribution in [-0.2, 0) is 4.74 Å². The lowest BCUT2D eigenvalue weighted by Gasteiger charge is -2.40. The largest absolute Gasteiger partial charge is 0.507 e. The smallest absolute Gasteiger partial charge is 0.189 e. The lowest BCUT2D eigenvalue weighted by molar-refractivity contribution is -0.232. The van der Waals surface area contributed by atoms with E-state index in [2.05, 4.69) is 4.98 Å². The summed E-state index contributed by atoms with van der Waals surface area (Å²) in [7, 11) is 1.33. The highest BCUT2D eigenvalue weighted by atomic mass is 16.5. The molecule has 1 aromatic carbocycles. The van der Waals surface area contributed by atoms with Gasteiger partial charge in [-0.05, 0) is 29.8 Å². The van der Waals surface area contributed by atoms with Gasteiger partial charge in [0.25, 0.3) is 0 Å².